The summed E-state index contributed by atoms with van der Waals surface area (Å²) in [5.74, 6) is -12.8. The van der Waals surface area contributed by atoms with Gasteiger partial charge in [-0.3, -0.25) is 57.5 Å². The Morgan fingerprint density at radius 2 is 1.04 bits per heavy atom. The van der Waals surface area contributed by atoms with Crippen molar-refractivity contribution in [1.29, 1.82) is 0 Å². The van der Waals surface area contributed by atoms with Gasteiger partial charge in [-0.05, 0) is 120 Å². The second-order valence-electron chi connectivity index (χ2n) is 30.2. The quantitative estimate of drug-likeness (QED) is 0.0899. The molecule has 0 spiro atoms. The summed E-state index contributed by atoms with van der Waals surface area (Å²) in [5.41, 5.74) is 0.644. The smallest absolute Gasteiger partial charge is 0.261 e. The lowest BCUT2D eigenvalue weighted by molar-refractivity contribution is -0.151. The van der Waals surface area contributed by atoms with Gasteiger partial charge in [0.25, 0.3) is 5.92 Å². The molecule has 0 bridgehead atoms. The molecule has 4 rings (SSSR count). The molecule has 7 N–H and O–H groups in total. The predicted molar refractivity (Wildman–Crippen MR) is 384 cm³/mol. The van der Waals surface area contributed by atoms with Gasteiger partial charge >= 0.3 is 0 Å². The second-order valence-corrected chi connectivity index (χ2v) is 30.2. The topological polar surface area (TPSA) is 320 Å². The summed E-state index contributed by atoms with van der Waals surface area (Å²) >= 11 is 0. The number of halogens is 2. The number of hydrogen-bond donors (Lipinski definition) is 7. The molecule has 0 radical (unpaired) electrons. The Balaban J connectivity index is 1.96. The van der Waals surface area contributed by atoms with Gasteiger partial charge < -0.3 is 71.3 Å². The third kappa shape index (κ3) is 25.8. The molecule has 0 aliphatic carbocycles. The van der Waals surface area contributed by atoms with Crippen LogP contribution in [0.25, 0.3) is 0 Å². The van der Waals surface area contributed by atoms with Gasteiger partial charge in [0.1, 0.15) is 60.4 Å². The van der Waals surface area contributed by atoms with Gasteiger partial charge in [0.15, 0.2) is 0 Å². The first-order valence-corrected chi connectivity index (χ1v) is 37.1. The number of aliphatic hydroxyl groups excluding tert-OH is 1. The average Bonchev–Trinajstić information content (AvgIpc) is 0.958. The van der Waals surface area contributed by atoms with E-state index in [1.54, 1.807) is 49.1 Å². The summed E-state index contributed by atoms with van der Waals surface area (Å²) in [5, 5.41) is 28.2. The number of likely N-dealkylation sites (N-methyl/N-ethyl adjacent to an activating group) is 5. The molecule has 3 saturated heterocycles. The van der Waals surface area contributed by atoms with Gasteiger partial charge in [0, 0.05) is 73.8 Å². The number of alkyl halides is 2. The zero-order valence-corrected chi connectivity index (χ0v) is 63.9. The summed E-state index contributed by atoms with van der Waals surface area (Å²) < 4.78 is 29.0. The fourth-order valence-corrected chi connectivity index (χ4v) is 13.6. The van der Waals surface area contributed by atoms with Crippen molar-refractivity contribution < 1.29 is 71.4 Å². The SMILES string of the molecule is CCCCN1CC(=O)N(C)[C@@H](CC(C)C)C(=O)N[C@@H](CCC[C@@H]2CC(F)(F)CN2)C(=O)N(C)[C@@H](CC(C)C)C(=O)N(C)[C@@H](CC(C)C)C(=O)N[C@H](C(=O)N2CCCCC2)CC(=O)N[C@H](CC)C(=O)N(C)[C@@H](Cc2ccccc2)C(=O)N[C@@H](CC(C)C)C(=O)N(C)[C@@H](CC)C(=O)N[C@@H]([C@@H](C)O)C1=O. The van der Waals surface area contributed by atoms with Crippen molar-refractivity contribution in [2.45, 2.75) is 271 Å². The van der Waals surface area contributed by atoms with E-state index in [1.807, 2.05) is 62.3 Å². The number of carbonyl (C=O) groups excluding carboxylic acids is 12. The maximum atomic E-state index is 15.4. The molecule has 3 aliphatic rings. The molecule has 0 saturated carbocycles. The highest BCUT2D eigenvalue weighted by Crippen LogP contribution is 2.29. The lowest BCUT2D eigenvalue weighted by Crippen LogP contribution is -2.62. The number of rotatable bonds is 21. The number of nitrogens with one attached hydrogen (secondary N) is 6. The fourth-order valence-electron chi connectivity index (χ4n) is 13.6. The molecule has 0 unspecified atom stereocenters. The van der Waals surface area contributed by atoms with E-state index in [-0.39, 0.29) is 94.4 Å². The lowest BCUT2D eigenvalue weighted by Gasteiger charge is -2.38. The molecular formula is C74H123F2N13O13. The van der Waals surface area contributed by atoms with E-state index >= 15 is 24.0 Å². The zero-order valence-electron chi connectivity index (χ0n) is 63.9. The maximum Gasteiger partial charge on any atom is 0.261 e. The van der Waals surface area contributed by atoms with E-state index in [0.717, 1.165) is 16.2 Å². The van der Waals surface area contributed by atoms with Crippen molar-refractivity contribution in [1.82, 2.24) is 66.2 Å². The van der Waals surface area contributed by atoms with Crippen LogP contribution in [0.5, 0.6) is 0 Å². The minimum atomic E-state index is -2.96. The van der Waals surface area contributed by atoms with Crippen molar-refractivity contribution in [3.05, 3.63) is 35.9 Å². The molecule has 1 aromatic carbocycles. The first kappa shape index (κ1) is 87.0. The van der Waals surface area contributed by atoms with E-state index in [2.05, 4.69) is 31.9 Å². The Labute approximate surface area is 604 Å². The Kier molecular flexibility index (Phi) is 35.2. The van der Waals surface area contributed by atoms with Gasteiger partial charge in [-0.1, -0.05) is 113 Å². The number of benzene rings is 1. The normalized spacial score (nSPS) is 26.8. The van der Waals surface area contributed by atoms with Gasteiger partial charge in [-0.2, -0.15) is 0 Å². The third-order valence-corrected chi connectivity index (χ3v) is 19.7. The molecule has 28 heteroatoms. The maximum absolute atomic E-state index is 15.4. The highest BCUT2D eigenvalue weighted by Gasteiger charge is 2.44. The number of hydrogen-bond acceptors (Lipinski definition) is 14. The first-order valence-electron chi connectivity index (χ1n) is 37.1. The number of aliphatic hydroxyl groups is 1. The summed E-state index contributed by atoms with van der Waals surface area (Å²) in [6, 6.07) is -5.40. The van der Waals surface area contributed by atoms with E-state index in [4.69, 9.17) is 0 Å². The van der Waals surface area contributed by atoms with Crippen molar-refractivity contribution in [3.63, 3.8) is 0 Å². The Morgan fingerprint density at radius 1 is 0.539 bits per heavy atom. The Morgan fingerprint density at radius 3 is 1.58 bits per heavy atom. The van der Waals surface area contributed by atoms with Gasteiger partial charge in [-0.15, -0.1) is 0 Å². The minimum Gasteiger partial charge on any atom is -0.391 e. The van der Waals surface area contributed by atoms with E-state index < -0.39 is 175 Å². The van der Waals surface area contributed by atoms with Crippen LogP contribution >= 0.6 is 0 Å². The van der Waals surface area contributed by atoms with Gasteiger partial charge in [0.05, 0.1) is 25.6 Å². The number of likely N-dealkylation sites (tertiary alicyclic amines) is 1. The summed E-state index contributed by atoms with van der Waals surface area (Å²) in [6.07, 6.45) is 0.833. The van der Waals surface area contributed by atoms with Gasteiger partial charge in [-0.25, -0.2) is 8.78 Å². The molecule has 3 heterocycles. The molecular weight excluding hydrogens is 1320 g/mol. The molecule has 1 aromatic rings. The first-order chi connectivity index (χ1) is 47.9. The van der Waals surface area contributed by atoms with Crippen molar-refractivity contribution >= 4 is 70.9 Å². The second kappa shape index (κ2) is 41.2. The highest BCUT2D eigenvalue weighted by molar-refractivity contribution is 6.00. The summed E-state index contributed by atoms with van der Waals surface area (Å²) in [7, 11) is 6.97. The molecule has 12 amide bonds. The third-order valence-electron chi connectivity index (χ3n) is 19.7. The highest BCUT2D eigenvalue weighted by atomic mass is 19.3. The monoisotopic (exact) mass is 1440 g/mol. The molecule has 102 heavy (non-hydrogen) atoms. The minimum absolute atomic E-state index is 0.00222. The largest absolute Gasteiger partial charge is 0.391 e. The van der Waals surface area contributed by atoms with Crippen molar-refractivity contribution in [2.24, 2.45) is 23.7 Å². The average molecular weight is 1440 g/mol. The number of piperidine rings is 1. The molecule has 3 aliphatic heterocycles. The van der Waals surface area contributed by atoms with E-state index in [0.29, 0.717) is 44.3 Å². The molecule has 12 atom stereocenters. The molecule has 26 nitrogen and oxygen atoms in total. The van der Waals surface area contributed by atoms with Crippen LogP contribution in [0.1, 0.15) is 191 Å². The van der Waals surface area contributed by atoms with Crippen LogP contribution in [0, 0.1) is 23.7 Å². The number of carbonyl (C=O) groups is 12. The Hall–Kier alpha value is -7.36. The molecule has 0 aromatic heterocycles. The predicted octanol–water partition coefficient (Wildman–Crippen LogP) is 4.39. The number of amides is 12. The van der Waals surface area contributed by atoms with Crippen LogP contribution in [0.4, 0.5) is 8.78 Å². The number of nitrogens with zero attached hydrogens (tertiary/aromatic N) is 7. The van der Waals surface area contributed by atoms with Crippen LogP contribution in [0.15, 0.2) is 30.3 Å². The van der Waals surface area contributed by atoms with E-state index in [9.17, 15) is 47.4 Å². The van der Waals surface area contributed by atoms with Crippen molar-refractivity contribution in [3.8, 4) is 0 Å². The lowest BCUT2D eigenvalue weighted by atomic mass is 9.96. The molecule has 3 fully saturated rings. The van der Waals surface area contributed by atoms with E-state index in [1.165, 1.54) is 61.8 Å². The zero-order chi connectivity index (χ0) is 76.6. The Bertz CT molecular complexity index is 2970. The standard InChI is InChI=1S/C74H123F2N13O13/c1-18-21-33-89-43-62(92)83(13)57(37-46(6)7)65(94)79-53(32-28-31-51-42-74(75,76)44-77-51)69(98)87(17)60(39-48(10)11)72(101)86(16)58(38-47(8)9)66(95)81-55(71(100)88-34-26-23-27-35-88)41-61(91)78-52(19-2)68(97)85(15)59(40-50-29-24-22-25-30-50)67(96)80-54(36-45(4)5)70(99)84(14)56(20-3)64(93)82-63(49(12)90)73(89)102/h22,24-25,29-30,45-49,51-60,63,77,90H,18-21,23,26-28,31-44H2,1-17H3,(H,78,91)(H,79,94)(H,80,96)(H,81,95)(H,82,93)/t49-,51-,52-,53+,54+,55+,56+,57+,58+,59+,60+,63+/m1/s1. The van der Waals surface area contributed by atoms with Crippen LogP contribution in [-0.4, -0.2) is 257 Å². The summed E-state index contributed by atoms with van der Waals surface area (Å²) in [6.45, 7) is 20.6. The van der Waals surface area contributed by atoms with Crippen LogP contribution in [0.3, 0.4) is 0 Å². The summed E-state index contributed by atoms with van der Waals surface area (Å²) in [4.78, 5) is 188. The van der Waals surface area contributed by atoms with Crippen LogP contribution in [0.2, 0.25) is 0 Å². The number of unbranched alkanes of at least 4 members (excludes halogenated alkanes) is 1. The van der Waals surface area contributed by atoms with Crippen LogP contribution in [-0.2, 0) is 64.0 Å². The van der Waals surface area contributed by atoms with Crippen LogP contribution < -0.4 is 31.9 Å². The van der Waals surface area contributed by atoms with Gasteiger partial charge in [0.2, 0.25) is 70.9 Å². The fraction of sp³-hybridized carbons (Fsp3) is 0.757. The molecule has 576 valence electrons. The van der Waals surface area contributed by atoms with Crippen molar-refractivity contribution in [2.75, 3.05) is 68.0 Å².